The van der Waals surface area contributed by atoms with Crippen LogP contribution in [0.3, 0.4) is 0 Å². The fourth-order valence-corrected chi connectivity index (χ4v) is 5.36. The summed E-state index contributed by atoms with van der Waals surface area (Å²) in [6, 6.07) is 11.0. The maximum atomic E-state index is 14.0. The second kappa shape index (κ2) is 11.7. The Balaban J connectivity index is 2.09. The summed E-state index contributed by atoms with van der Waals surface area (Å²) in [7, 11) is 2.25. The van der Waals surface area contributed by atoms with E-state index in [1.165, 1.54) is 37.3 Å². The second-order valence-corrected chi connectivity index (χ2v) is 10.7. The van der Waals surface area contributed by atoms with Crippen LogP contribution in [0, 0.1) is 6.92 Å². The van der Waals surface area contributed by atoms with E-state index >= 15 is 0 Å². The molecule has 1 heterocycles. The van der Waals surface area contributed by atoms with E-state index in [2.05, 4.69) is 5.16 Å². The third-order valence-electron chi connectivity index (χ3n) is 5.69. The number of aryl methyl sites for hydroxylation is 1. The highest BCUT2D eigenvalue weighted by Crippen LogP contribution is 2.36. The van der Waals surface area contributed by atoms with Gasteiger partial charge in [0.25, 0.3) is 10.0 Å². The van der Waals surface area contributed by atoms with Crippen LogP contribution in [0.25, 0.3) is 0 Å². The summed E-state index contributed by atoms with van der Waals surface area (Å²) in [5.41, 5.74) is 1.56. The standard InChI is InChI=1S/C25H31ClN4O6S/c1-7-29(15-19-12-17(2)27-36-19)25(31)16-30(22-13-18(28(3)4)8-10-21(22)26)37(32,33)20-9-11-23(34-5)24(14-20)35-6/h8-14H,7,15-16H2,1-6H3. The molecular formula is C25H31ClN4O6S. The van der Waals surface area contributed by atoms with Crippen molar-refractivity contribution >= 4 is 38.9 Å². The zero-order valence-corrected chi connectivity index (χ0v) is 23.3. The molecule has 0 fully saturated rings. The van der Waals surface area contributed by atoms with Crippen molar-refractivity contribution in [2.24, 2.45) is 0 Å². The summed E-state index contributed by atoms with van der Waals surface area (Å²) in [5, 5.41) is 4.03. The van der Waals surface area contributed by atoms with Gasteiger partial charge < -0.3 is 23.8 Å². The third-order valence-corrected chi connectivity index (χ3v) is 7.77. The maximum Gasteiger partial charge on any atom is 0.264 e. The van der Waals surface area contributed by atoms with Crippen LogP contribution in [0.4, 0.5) is 11.4 Å². The summed E-state index contributed by atoms with van der Waals surface area (Å²) >= 11 is 6.51. The number of anilines is 2. The molecule has 0 aliphatic rings. The Hall–Kier alpha value is -3.44. The number of aromatic nitrogens is 1. The smallest absolute Gasteiger partial charge is 0.264 e. The number of sulfonamides is 1. The van der Waals surface area contributed by atoms with Gasteiger partial charge in [-0.05, 0) is 44.2 Å². The number of carbonyl (C=O) groups is 1. The van der Waals surface area contributed by atoms with Crippen LogP contribution in [0.1, 0.15) is 18.4 Å². The van der Waals surface area contributed by atoms with Gasteiger partial charge in [0.05, 0.1) is 42.1 Å². The SMILES string of the molecule is CCN(Cc1cc(C)no1)C(=O)CN(c1cc(N(C)C)ccc1Cl)S(=O)(=O)c1ccc(OC)c(OC)c1. The van der Waals surface area contributed by atoms with Gasteiger partial charge in [-0.3, -0.25) is 9.10 Å². The number of hydrogen-bond donors (Lipinski definition) is 0. The molecule has 0 saturated carbocycles. The Morgan fingerprint density at radius 1 is 1.05 bits per heavy atom. The van der Waals surface area contributed by atoms with Gasteiger partial charge in [-0.1, -0.05) is 16.8 Å². The predicted octanol–water partition coefficient (Wildman–Crippen LogP) is 3.96. The molecule has 37 heavy (non-hydrogen) atoms. The minimum atomic E-state index is -4.27. The highest BCUT2D eigenvalue weighted by molar-refractivity contribution is 7.92. The Morgan fingerprint density at radius 3 is 2.32 bits per heavy atom. The van der Waals surface area contributed by atoms with Crippen LogP contribution >= 0.6 is 11.6 Å². The largest absolute Gasteiger partial charge is 0.493 e. The maximum absolute atomic E-state index is 14.0. The molecule has 12 heteroatoms. The first kappa shape index (κ1) is 28.1. The third kappa shape index (κ3) is 6.28. The van der Waals surface area contributed by atoms with Crippen molar-refractivity contribution in [2.45, 2.75) is 25.3 Å². The average Bonchev–Trinajstić information content (AvgIpc) is 3.29. The fraction of sp³-hybridized carbons (Fsp3) is 0.360. The van der Waals surface area contributed by atoms with Crippen molar-refractivity contribution in [2.75, 3.05) is 50.6 Å². The van der Waals surface area contributed by atoms with Crippen LogP contribution in [-0.4, -0.2) is 65.8 Å². The first-order valence-electron chi connectivity index (χ1n) is 11.4. The second-order valence-electron chi connectivity index (χ2n) is 8.40. The quantitative estimate of drug-likeness (QED) is 0.353. The topological polar surface area (TPSA) is 105 Å². The van der Waals surface area contributed by atoms with Gasteiger partial charge in [0.1, 0.15) is 6.54 Å². The summed E-state index contributed by atoms with van der Waals surface area (Å²) in [5.74, 6) is 0.664. The van der Waals surface area contributed by atoms with Crippen molar-refractivity contribution < 1.29 is 27.2 Å². The van der Waals surface area contributed by atoms with Gasteiger partial charge in [0.2, 0.25) is 5.91 Å². The molecule has 0 aliphatic carbocycles. The summed E-state index contributed by atoms with van der Waals surface area (Å²) < 4.78 is 44.8. The minimum Gasteiger partial charge on any atom is -0.493 e. The van der Waals surface area contributed by atoms with E-state index in [1.54, 1.807) is 38.1 Å². The van der Waals surface area contributed by atoms with E-state index < -0.39 is 22.5 Å². The molecule has 200 valence electrons. The predicted molar refractivity (Wildman–Crippen MR) is 142 cm³/mol. The normalized spacial score (nSPS) is 11.2. The molecule has 0 atom stereocenters. The van der Waals surface area contributed by atoms with E-state index in [-0.39, 0.29) is 27.9 Å². The Labute approximate surface area is 222 Å². The highest BCUT2D eigenvalue weighted by atomic mass is 35.5. The van der Waals surface area contributed by atoms with Crippen LogP contribution in [0.2, 0.25) is 5.02 Å². The molecule has 1 aromatic heterocycles. The zero-order chi connectivity index (χ0) is 27.3. The number of ether oxygens (including phenoxy) is 2. The number of halogens is 1. The van der Waals surface area contributed by atoms with Gasteiger partial charge in [-0.25, -0.2) is 8.42 Å². The minimum absolute atomic E-state index is 0.0850. The number of benzene rings is 2. The van der Waals surface area contributed by atoms with Gasteiger partial charge in [-0.15, -0.1) is 0 Å². The number of likely N-dealkylation sites (N-methyl/N-ethyl adjacent to an activating group) is 1. The van der Waals surface area contributed by atoms with E-state index in [9.17, 15) is 13.2 Å². The van der Waals surface area contributed by atoms with Crippen molar-refractivity contribution in [3.63, 3.8) is 0 Å². The molecular weight excluding hydrogens is 520 g/mol. The summed E-state index contributed by atoms with van der Waals surface area (Å²) in [6.45, 7) is 3.56. The number of rotatable bonds is 11. The molecule has 2 aromatic carbocycles. The molecule has 0 spiro atoms. The molecule has 0 N–H and O–H groups in total. The number of amides is 1. The van der Waals surface area contributed by atoms with E-state index in [1.807, 2.05) is 19.0 Å². The number of nitrogens with zero attached hydrogens (tertiary/aromatic N) is 4. The molecule has 3 rings (SSSR count). The van der Waals surface area contributed by atoms with Crippen LogP contribution in [0.15, 0.2) is 51.9 Å². The number of hydrogen-bond acceptors (Lipinski definition) is 8. The van der Waals surface area contributed by atoms with Crippen LogP contribution in [-0.2, 0) is 21.4 Å². The molecule has 0 unspecified atom stereocenters. The first-order chi connectivity index (χ1) is 17.5. The first-order valence-corrected chi connectivity index (χ1v) is 13.2. The van der Waals surface area contributed by atoms with Gasteiger partial charge in [0, 0.05) is 38.5 Å². The van der Waals surface area contributed by atoms with Crippen molar-refractivity contribution in [1.29, 1.82) is 0 Å². The number of carbonyl (C=O) groups excluding carboxylic acids is 1. The molecule has 10 nitrogen and oxygen atoms in total. The lowest BCUT2D eigenvalue weighted by molar-refractivity contribution is -0.130. The molecule has 0 saturated heterocycles. The van der Waals surface area contributed by atoms with Gasteiger partial charge in [-0.2, -0.15) is 0 Å². The molecule has 0 bridgehead atoms. The summed E-state index contributed by atoms with van der Waals surface area (Å²) in [4.78, 5) is 16.7. The lowest BCUT2D eigenvalue weighted by atomic mass is 10.2. The monoisotopic (exact) mass is 550 g/mol. The zero-order valence-electron chi connectivity index (χ0n) is 21.7. The Morgan fingerprint density at radius 2 is 1.76 bits per heavy atom. The molecule has 0 radical (unpaired) electrons. The van der Waals surface area contributed by atoms with Crippen molar-refractivity contribution in [3.05, 3.63) is 58.9 Å². The lowest BCUT2D eigenvalue weighted by Gasteiger charge is -2.29. The molecule has 1 amide bonds. The molecule has 0 aliphatic heterocycles. The van der Waals surface area contributed by atoms with Gasteiger partial charge in [0.15, 0.2) is 17.3 Å². The average molecular weight is 551 g/mol. The lowest BCUT2D eigenvalue weighted by Crippen LogP contribution is -2.43. The number of methoxy groups -OCH3 is 2. The highest BCUT2D eigenvalue weighted by Gasteiger charge is 2.31. The van der Waals surface area contributed by atoms with E-state index in [0.29, 0.717) is 29.4 Å². The Bertz CT molecular complexity index is 1360. The van der Waals surface area contributed by atoms with Gasteiger partial charge >= 0.3 is 0 Å². The van der Waals surface area contributed by atoms with Crippen LogP contribution < -0.4 is 18.7 Å². The van der Waals surface area contributed by atoms with E-state index in [4.69, 9.17) is 25.6 Å². The Kier molecular flexibility index (Phi) is 8.93. The molecule has 3 aromatic rings. The van der Waals surface area contributed by atoms with Crippen molar-refractivity contribution in [3.8, 4) is 11.5 Å². The summed E-state index contributed by atoms with van der Waals surface area (Å²) in [6.07, 6.45) is 0. The van der Waals surface area contributed by atoms with Crippen LogP contribution in [0.5, 0.6) is 11.5 Å². The fourth-order valence-electron chi connectivity index (χ4n) is 3.65. The van der Waals surface area contributed by atoms with E-state index in [0.717, 1.165) is 4.31 Å². The van der Waals surface area contributed by atoms with Crippen molar-refractivity contribution in [1.82, 2.24) is 10.1 Å².